The Balaban J connectivity index is 0. The fourth-order valence-corrected chi connectivity index (χ4v) is 0.478. The Labute approximate surface area is 98.9 Å². The van der Waals surface area contributed by atoms with Crippen LogP contribution in [0.3, 0.4) is 0 Å². The molecule has 0 unspecified atom stereocenters. The fraction of sp³-hybridized carbons (Fsp3) is 0.333. The average molecular weight is 187 g/mol. The zero-order valence-corrected chi connectivity index (χ0v) is 10.4. The molecule has 1 heteroatoms. The smallest absolute Gasteiger partial charge is 0.338 e. The molecule has 0 nitrogen and oxygen atoms in total. The van der Waals surface area contributed by atoms with Crippen molar-refractivity contribution in [3.8, 4) is 0 Å². The van der Waals surface area contributed by atoms with Crippen molar-refractivity contribution >= 4 is 23.1 Å². The van der Waals surface area contributed by atoms with Crippen molar-refractivity contribution in [2.24, 2.45) is 5.41 Å². The second-order valence-electron chi connectivity index (χ2n) is 4.05. The predicted molar refractivity (Wildman–Crippen MR) is 61.5 cm³/mol. The topological polar surface area (TPSA) is 0 Å². The molecule has 1 aromatic carbocycles. The van der Waals surface area contributed by atoms with Crippen molar-refractivity contribution in [2.75, 3.05) is 0 Å². The zero-order valence-electron chi connectivity index (χ0n) is 9.01. The average Bonchev–Trinajstić information content (AvgIpc) is 1.85. The van der Waals surface area contributed by atoms with Gasteiger partial charge < -0.3 is 6.92 Å². The van der Waals surface area contributed by atoms with E-state index in [2.05, 4.69) is 34.6 Å². The molecule has 0 spiro atoms. The van der Waals surface area contributed by atoms with Crippen molar-refractivity contribution in [1.29, 1.82) is 0 Å². The van der Waals surface area contributed by atoms with Gasteiger partial charge in [0.15, 0.2) is 0 Å². The minimum absolute atomic E-state index is 0. The van der Waals surface area contributed by atoms with Gasteiger partial charge in [-0.1, -0.05) is 26.8 Å². The molecule has 0 radical (unpaired) electrons. The first-order chi connectivity index (χ1) is 5.39. The molecule has 0 saturated heterocycles. The Bertz CT molecular complexity index is 190. The second kappa shape index (κ2) is 7.28. The molecule has 0 amide bonds. The third-order valence-corrected chi connectivity index (χ3v) is 0.843. The van der Waals surface area contributed by atoms with Crippen LogP contribution in [-0.4, -0.2) is 23.1 Å². The number of benzene rings is 1. The van der Waals surface area contributed by atoms with Crippen molar-refractivity contribution in [3.05, 3.63) is 49.7 Å². The summed E-state index contributed by atoms with van der Waals surface area (Å²) in [6, 6.07) is 9.87. The molecular formula is C12H18Mg. The van der Waals surface area contributed by atoms with E-state index in [1.54, 1.807) is 0 Å². The third-order valence-electron chi connectivity index (χ3n) is 0.843. The molecule has 0 aliphatic rings. The third kappa shape index (κ3) is 18.7. The largest absolute Gasteiger partial charge is 2.00 e. The summed E-state index contributed by atoms with van der Waals surface area (Å²) in [5, 5.41) is 0. The van der Waals surface area contributed by atoms with Gasteiger partial charge in [-0.15, -0.1) is 12.1 Å². The van der Waals surface area contributed by atoms with Gasteiger partial charge in [-0.05, 0) is 0 Å². The van der Waals surface area contributed by atoms with Gasteiger partial charge in [0.25, 0.3) is 0 Å². The SMILES string of the molecule is [CH2-]C(C)(C)C.[CH2-]c1ccccc1.[Mg+2]. The van der Waals surface area contributed by atoms with Crippen LogP contribution >= 0.6 is 0 Å². The Morgan fingerprint density at radius 1 is 1.00 bits per heavy atom. The van der Waals surface area contributed by atoms with E-state index in [1.807, 2.05) is 30.3 Å². The molecule has 0 atom stereocenters. The fourth-order valence-electron chi connectivity index (χ4n) is 0.478. The van der Waals surface area contributed by atoms with Crippen molar-refractivity contribution in [3.63, 3.8) is 0 Å². The van der Waals surface area contributed by atoms with Crippen LogP contribution in [0, 0.1) is 19.3 Å². The van der Waals surface area contributed by atoms with Crippen LogP contribution in [-0.2, 0) is 0 Å². The van der Waals surface area contributed by atoms with Gasteiger partial charge in [-0.2, -0.15) is 30.0 Å². The quantitative estimate of drug-likeness (QED) is 0.431. The van der Waals surface area contributed by atoms with Crippen LogP contribution in [0.25, 0.3) is 0 Å². The van der Waals surface area contributed by atoms with Crippen molar-refractivity contribution < 1.29 is 0 Å². The Morgan fingerprint density at radius 2 is 1.31 bits per heavy atom. The first kappa shape index (κ1) is 15.3. The maximum atomic E-state index is 3.77. The molecule has 0 bridgehead atoms. The van der Waals surface area contributed by atoms with Crippen LogP contribution < -0.4 is 0 Å². The van der Waals surface area contributed by atoms with E-state index in [-0.39, 0.29) is 28.5 Å². The van der Waals surface area contributed by atoms with Crippen LogP contribution in [0.1, 0.15) is 26.3 Å². The summed E-state index contributed by atoms with van der Waals surface area (Å²) in [6.07, 6.45) is 0. The summed E-state index contributed by atoms with van der Waals surface area (Å²) in [7, 11) is 0. The maximum Gasteiger partial charge on any atom is 2.00 e. The standard InChI is InChI=1S/C7H7.C5H11.Mg/c1-7-5-3-2-4-6-7;1-5(2,3)4;/h2-6H,1H2;1H2,2-4H3;/q2*-1;+2. The summed E-state index contributed by atoms with van der Waals surface area (Å²) in [4.78, 5) is 0. The van der Waals surface area contributed by atoms with E-state index in [9.17, 15) is 0 Å². The Kier molecular flexibility index (Phi) is 8.58. The number of hydrogen-bond donors (Lipinski definition) is 0. The van der Waals surface area contributed by atoms with Gasteiger partial charge in [-0.3, -0.25) is 0 Å². The van der Waals surface area contributed by atoms with E-state index in [1.165, 1.54) is 0 Å². The van der Waals surface area contributed by atoms with E-state index < -0.39 is 0 Å². The van der Waals surface area contributed by atoms with E-state index in [0.717, 1.165) is 5.56 Å². The second-order valence-corrected chi connectivity index (χ2v) is 4.05. The summed E-state index contributed by atoms with van der Waals surface area (Å²) in [5.74, 6) is 0. The molecule has 0 heterocycles. The van der Waals surface area contributed by atoms with Gasteiger partial charge >= 0.3 is 23.1 Å². The van der Waals surface area contributed by atoms with Gasteiger partial charge in [0.05, 0.1) is 0 Å². The minimum atomic E-state index is 0. The summed E-state index contributed by atoms with van der Waals surface area (Å²) in [5.41, 5.74) is 1.32. The molecule has 1 aromatic rings. The van der Waals surface area contributed by atoms with Crippen LogP contribution in [0.5, 0.6) is 0 Å². The van der Waals surface area contributed by atoms with E-state index >= 15 is 0 Å². The first-order valence-corrected chi connectivity index (χ1v) is 4.12. The van der Waals surface area contributed by atoms with Gasteiger partial charge in [0.1, 0.15) is 0 Å². The Morgan fingerprint density at radius 3 is 1.46 bits per heavy atom. The number of hydrogen-bond acceptors (Lipinski definition) is 0. The predicted octanol–water partition coefficient (Wildman–Crippen LogP) is 3.35. The zero-order chi connectivity index (χ0) is 9.61. The van der Waals surface area contributed by atoms with Crippen molar-refractivity contribution in [1.82, 2.24) is 0 Å². The minimum Gasteiger partial charge on any atom is -0.338 e. The van der Waals surface area contributed by atoms with Crippen molar-refractivity contribution in [2.45, 2.75) is 20.8 Å². The molecule has 0 N–H and O–H groups in total. The molecule has 0 aliphatic carbocycles. The molecular weight excluding hydrogens is 168 g/mol. The van der Waals surface area contributed by atoms with E-state index in [4.69, 9.17) is 0 Å². The van der Waals surface area contributed by atoms with Gasteiger partial charge in [0.2, 0.25) is 0 Å². The summed E-state index contributed by atoms with van der Waals surface area (Å²) >= 11 is 0. The molecule has 0 aliphatic heterocycles. The van der Waals surface area contributed by atoms with E-state index in [0.29, 0.717) is 0 Å². The molecule has 0 saturated carbocycles. The Hall–Kier alpha value is -0.144. The molecule has 0 aromatic heterocycles. The molecule has 68 valence electrons. The molecule has 13 heavy (non-hydrogen) atoms. The molecule has 1 rings (SSSR count). The summed E-state index contributed by atoms with van der Waals surface area (Å²) in [6.45, 7) is 13.7. The molecule has 0 fully saturated rings. The van der Waals surface area contributed by atoms with Crippen LogP contribution in [0.15, 0.2) is 30.3 Å². The van der Waals surface area contributed by atoms with Gasteiger partial charge in [0, 0.05) is 0 Å². The summed E-state index contributed by atoms with van der Waals surface area (Å²) < 4.78 is 0. The van der Waals surface area contributed by atoms with Gasteiger partial charge in [-0.25, -0.2) is 0 Å². The monoisotopic (exact) mass is 186 g/mol. The normalized spacial score (nSPS) is 9.23. The first-order valence-electron chi connectivity index (χ1n) is 4.12. The van der Waals surface area contributed by atoms with Crippen LogP contribution in [0.4, 0.5) is 0 Å². The maximum absolute atomic E-state index is 3.77. The number of rotatable bonds is 0. The van der Waals surface area contributed by atoms with Crippen LogP contribution in [0.2, 0.25) is 0 Å².